The van der Waals surface area contributed by atoms with Crippen LogP contribution in [0.25, 0.3) is 5.69 Å². The second kappa shape index (κ2) is 6.99. The van der Waals surface area contributed by atoms with E-state index in [0.29, 0.717) is 12.1 Å². The first kappa shape index (κ1) is 16.6. The minimum atomic E-state index is -1.10. The Balaban J connectivity index is 2.14. The van der Waals surface area contributed by atoms with Crippen LogP contribution < -0.4 is 5.32 Å². The zero-order valence-electron chi connectivity index (χ0n) is 12.7. The highest BCUT2D eigenvalue weighted by Gasteiger charge is 2.26. The molecule has 2 rings (SSSR count). The summed E-state index contributed by atoms with van der Waals surface area (Å²) in [5.41, 5.74) is 0.478. The smallest absolute Gasteiger partial charge is 0.326 e. The Hall–Kier alpha value is -2.77. The first-order valence-corrected chi connectivity index (χ1v) is 7.14. The fourth-order valence-electron chi connectivity index (χ4n) is 1.96. The van der Waals surface area contributed by atoms with Crippen molar-refractivity contribution in [2.75, 3.05) is 0 Å². The van der Waals surface area contributed by atoms with Gasteiger partial charge in [-0.2, -0.15) is 9.90 Å². The lowest BCUT2D eigenvalue weighted by Gasteiger charge is -2.19. The summed E-state index contributed by atoms with van der Waals surface area (Å²) in [5.74, 6) is -2.33. The van der Waals surface area contributed by atoms with Crippen molar-refractivity contribution in [3.63, 3.8) is 0 Å². The SMILES string of the molecule is CC[C@H](C)[C@H](NC(=O)c1cnn(-c2ccc(F)cc2)n1)C(=O)O. The van der Waals surface area contributed by atoms with Crippen molar-refractivity contribution >= 4 is 11.9 Å². The highest BCUT2D eigenvalue weighted by Crippen LogP contribution is 2.10. The topological polar surface area (TPSA) is 97.1 Å². The van der Waals surface area contributed by atoms with Crippen molar-refractivity contribution in [3.8, 4) is 5.69 Å². The Morgan fingerprint density at radius 2 is 2.00 bits per heavy atom. The molecule has 2 N–H and O–H groups in total. The van der Waals surface area contributed by atoms with Crippen molar-refractivity contribution in [1.29, 1.82) is 0 Å². The van der Waals surface area contributed by atoms with Crippen LogP contribution in [0.2, 0.25) is 0 Å². The van der Waals surface area contributed by atoms with Crippen LogP contribution in [0.3, 0.4) is 0 Å². The van der Waals surface area contributed by atoms with E-state index in [1.165, 1.54) is 35.3 Å². The lowest BCUT2D eigenvalue weighted by Crippen LogP contribution is -2.45. The average Bonchev–Trinajstić information content (AvgIpc) is 3.02. The van der Waals surface area contributed by atoms with Gasteiger partial charge < -0.3 is 10.4 Å². The van der Waals surface area contributed by atoms with Gasteiger partial charge >= 0.3 is 5.97 Å². The summed E-state index contributed by atoms with van der Waals surface area (Å²) < 4.78 is 12.9. The van der Waals surface area contributed by atoms with Crippen LogP contribution in [0, 0.1) is 11.7 Å². The molecule has 23 heavy (non-hydrogen) atoms. The first-order chi connectivity index (χ1) is 10.9. The molecular formula is C15H17FN4O3. The van der Waals surface area contributed by atoms with Crippen molar-refractivity contribution in [3.05, 3.63) is 42.0 Å². The van der Waals surface area contributed by atoms with E-state index in [9.17, 15) is 19.1 Å². The maximum Gasteiger partial charge on any atom is 0.326 e. The summed E-state index contributed by atoms with van der Waals surface area (Å²) in [5, 5.41) is 19.5. The number of hydrogen-bond donors (Lipinski definition) is 2. The zero-order chi connectivity index (χ0) is 17.0. The average molecular weight is 320 g/mol. The molecule has 1 aromatic heterocycles. The van der Waals surface area contributed by atoms with Crippen molar-refractivity contribution in [2.24, 2.45) is 5.92 Å². The summed E-state index contributed by atoms with van der Waals surface area (Å²) in [6.07, 6.45) is 1.84. The maximum absolute atomic E-state index is 12.9. The number of hydrogen-bond acceptors (Lipinski definition) is 4. The van der Waals surface area contributed by atoms with Gasteiger partial charge in [0.15, 0.2) is 5.69 Å². The van der Waals surface area contributed by atoms with E-state index in [1.807, 2.05) is 6.92 Å². The Morgan fingerprint density at radius 1 is 1.35 bits per heavy atom. The number of carbonyl (C=O) groups is 2. The number of aliphatic carboxylic acids is 1. The Bertz CT molecular complexity index is 699. The molecule has 0 spiro atoms. The third-order valence-electron chi connectivity index (χ3n) is 3.55. The molecule has 0 bridgehead atoms. The lowest BCUT2D eigenvalue weighted by molar-refractivity contribution is -0.140. The molecule has 2 atom stereocenters. The summed E-state index contributed by atoms with van der Waals surface area (Å²) >= 11 is 0. The number of halogens is 1. The number of aromatic nitrogens is 3. The van der Waals surface area contributed by atoms with Gasteiger partial charge in [0.05, 0.1) is 11.9 Å². The van der Waals surface area contributed by atoms with E-state index in [1.54, 1.807) is 6.92 Å². The Kier molecular flexibility index (Phi) is 5.05. The molecule has 0 aliphatic carbocycles. The molecule has 122 valence electrons. The van der Waals surface area contributed by atoms with Gasteiger partial charge in [0.1, 0.15) is 11.9 Å². The van der Waals surface area contributed by atoms with Crippen LogP contribution in [-0.4, -0.2) is 38.0 Å². The predicted octanol–water partition coefficient (Wildman–Crippen LogP) is 1.64. The number of nitrogens with one attached hydrogen (secondary N) is 1. The van der Waals surface area contributed by atoms with E-state index in [-0.39, 0.29) is 11.6 Å². The third-order valence-corrected chi connectivity index (χ3v) is 3.55. The molecule has 0 radical (unpaired) electrons. The molecule has 0 fully saturated rings. The molecule has 1 amide bonds. The molecule has 0 aliphatic heterocycles. The van der Waals surface area contributed by atoms with Crippen LogP contribution in [0.5, 0.6) is 0 Å². The molecule has 8 heteroatoms. The standard InChI is InChI=1S/C15H17FN4O3/c1-3-9(2)13(15(22)23)18-14(21)12-8-17-20(19-12)11-6-4-10(16)5-7-11/h4-9,13H,3H2,1-2H3,(H,18,21)(H,22,23)/t9-,13-/m0/s1. The molecule has 0 aliphatic rings. The molecule has 1 aromatic carbocycles. The second-order valence-corrected chi connectivity index (χ2v) is 5.17. The quantitative estimate of drug-likeness (QED) is 0.843. The minimum Gasteiger partial charge on any atom is -0.480 e. The lowest BCUT2D eigenvalue weighted by atomic mass is 9.99. The van der Waals surface area contributed by atoms with Gasteiger partial charge in [0.25, 0.3) is 5.91 Å². The number of nitrogens with zero attached hydrogens (tertiary/aromatic N) is 3. The van der Waals surface area contributed by atoms with E-state index in [4.69, 9.17) is 0 Å². The van der Waals surface area contributed by atoms with Crippen LogP contribution >= 0.6 is 0 Å². The summed E-state index contributed by atoms with van der Waals surface area (Å²) in [7, 11) is 0. The van der Waals surface area contributed by atoms with Crippen molar-refractivity contribution in [1.82, 2.24) is 20.3 Å². The summed E-state index contributed by atoms with van der Waals surface area (Å²) in [6.45, 7) is 3.59. The van der Waals surface area contributed by atoms with Crippen molar-refractivity contribution < 1.29 is 19.1 Å². The summed E-state index contributed by atoms with van der Waals surface area (Å²) in [6, 6.07) is 4.44. The predicted molar refractivity (Wildman–Crippen MR) is 79.7 cm³/mol. The zero-order valence-corrected chi connectivity index (χ0v) is 12.7. The Morgan fingerprint density at radius 3 is 2.57 bits per heavy atom. The fourth-order valence-corrected chi connectivity index (χ4v) is 1.96. The summed E-state index contributed by atoms with van der Waals surface area (Å²) in [4.78, 5) is 24.5. The molecule has 2 aromatic rings. The van der Waals surface area contributed by atoms with Crippen LogP contribution in [0.4, 0.5) is 4.39 Å². The number of amides is 1. The van der Waals surface area contributed by atoms with E-state index in [0.717, 1.165) is 0 Å². The van der Waals surface area contributed by atoms with E-state index < -0.39 is 23.7 Å². The van der Waals surface area contributed by atoms with Gasteiger partial charge in [-0.3, -0.25) is 4.79 Å². The van der Waals surface area contributed by atoms with E-state index in [2.05, 4.69) is 15.5 Å². The highest BCUT2D eigenvalue weighted by molar-refractivity contribution is 5.94. The molecular weight excluding hydrogens is 303 g/mol. The van der Waals surface area contributed by atoms with Gasteiger partial charge in [0.2, 0.25) is 0 Å². The monoisotopic (exact) mass is 320 g/mol. The fraction of sp³-hybridized carbons (Fsp3) is 0.333. The number of benzene rings is 1. The molecule has 0 unspecified atom stereocenters. The van der Waals surface area contributed by atoms with Crippen LogP contribution in [0.15, 0.2) is 30.5 Å². The number of carbonyl (C=O) groups excluding carboxylic acids is 1. The van der Waals surface area contributed by atoms with Crippen LogP contribution in [-0.2, 0) is 4.79 Å². The normalized spacial score (nSPS) is 13.3. The van der Waals surface area contributed by atoms with Crippen molar-refractivity contribution in [2.45, 2.75) is 26.3 Å². The number of carboxylic acids is 1. The molecule has 1 heterocycles. The maximum atomic E-state index is 12.9. The molecule has 0 saturated carbocycles. The van der Waals surface area contributed by atoms with E-state index >= 15 is 0 Å². The van der Waals surface area contributed by atoms with Crippen LogP contribution in [0.1, 0.15) is 30.8 Å². The van der Waals surface area contributed by atoms with Gasteiger partial charge in [-0.05, 0) is 30.2 Å². The molecule has 7 nitrogen and oxygen atoms in total. The Labute approximate surface area is 132 Å². The van der Waals surface area contributed by atoms with Gasteiger partial charge in [-0.15, -0.1) is 5.10 Å². The first-order valence-electron chi connectivity index (χ1n) is 7.14. The number of rotatable bonds is 6. The van der Waals surface area contributed by atoms with Gasteiger partial charge in [0, 0.05) is 0 Å². The van der Waals surface area contributed by atoms with Gasteiger partial charge in [-0.25, -0.2) is 9.18 Å². The molecule has 0 saturated heterocycles. The largest absolute Gasteiger partial charge is 0.480 e. The minimum absolute atomic E-state index is 0.0103. The third kappa shape index (κ3) is 3.91. The highest BCUT2D eigenvalue weighted by atomic mass is 19.1. The second-order valence-electron chi connectivity index (χ2n) is 5.17. The van der Waals surface area contributed by atoms with Gasteiger partial charge in [-0.1, -0.05) is 20.3 Å². The number of carboxylic acid groups (broad SMARTS) is 1.